The number of nitrogens with zero attached hydrogens (tertiary/aromatic N) is 3. The monoisotopic (exact) mass is 474 g/mol. The van der Waals surface area contributed by atoms with Crippen LogP contribution < -0.4 is 9.62 Å². The van der Waals surface area contributed by atoms with Crippen molar-refractivity contribution in [2.45, 2.75) is 38.5 Å². The molecule has 0 fully saturated rings. The first-order chi connectivity index (χ1) is 15.0. The maximum atomic E-state index is 13.7. The Morgan fingerprint density at radius 1 is 1.09 bits per heavy atom. The van der Waals surface area contributed by atoms with Crippen molar-refractivity contribution >= 4 is 38.9 Å². The van der Waals surface area contributed by atoms with Crippen LogP contribution in [-0.4, -0.2) is 30.7 Å². The van der Waals surface area contributed by atoms with Gasteiger partial charge in [-0.25, -0.2) is 8.42 Å². The second-order valence-corrected chi connectivity index (χ2v) is 10.2. The second-order valence-electron chi connectivity index (χ2n) is 7.94. The van der Waals surface area contributed by atoms with E-state index in [4.69, 9.17) is 11.6 Å². The highest BCUT2D eigenvalue weighted by molar-refractivity contribution is 7.93. The van der Waals surface area contributed by atoms with Crippen molar-refractivity contribution in [3.63, 3.8) is 0 Å². The van der Waals surface area contributed by atoms with Gasteiger partial charge in [-0.3, -0.25) is 13.8 Å². The zero-order valence-electron chi connectivity index (χ0n) is 18.8. The standard InChI is InChI=1S/C23H27ClN4O3S/c1-15(2)18-6-12-21(13-7-18)28(14-22(29)25-20-10-8-19(24)9-11-20)32(30,31)23-16(3)26-27(5)17(23)4/h6-13,15H,14H2,1-5H3,(H,25,29). The normalized spacial score (nSPS) is 11.6. The molecule has 1 amide bonds. The van der Waals surface area contributed by atoms with E-state index in [9.17, 15) is 13.2 Å². The zero-order valence-corrected chi connectivity index (χ0v) is 20.3. The molecule has 1 aromatic heterocycles. The zero-order chi connectivity index (χ0) is 23.6. The van der Waals surface area contributed by atoms with E-state index in [-0.39, 0.29) is 11.4 Å². The molecule has 3 rings (SSSR count). The third-order valence-corrected chi connectivity index (χ3v) is 7.53. The van der Waals surface area contributed by atoms with Gasteiger partial charge < -0.3 is 5.32 Å². The van der Waals surface area contributed by atoms with Gasteiger partial charge >= 0.3 is 0 Å². The molecule has 0 spiro atoms. The summed E-state index contributed by atoms with van der Waals surface area (Å²) in [5, 5.41) is 7.52. The van der Waals surface area contributed by atoms with Gasteiger partial charge in [-0.2, -0.15) is 5.10 Å². The predicted molar refractivity (Wildman–Crippen MR) is 128 cm³/mol. The summed E-state index contributed by atoms with van der Waals surface area (Å²) in [7, 11) is -2.36. The van der Waals surface area contributed by atoms with Gasteiger partial charge in [-0.05, 0) is 61.7 Å². The summed E-state index contributed by atoms with van der Waals surface area (Å²) in [5.41, 5.74) is 2.89. The second kappa shape index (κ2) is 9.34. The molecule has 0 aliphatic rings. The number of hydrogen-bond acceptors (Lipinski definition) is 4. The lowest BCUT2D eigenvalue weighted by molar-refractivity contribution is -0.114. The first kappa shape index (κ1) is 23.8. The maximum absolute atomic E-state index is 13.7. The largest absolute Gasteiger partial charge is 0.325 e. The highest BCUT2D eigenvalue weighted by atomic mass is 35.5. The molecule has 1 N–H and O–H groups in total. The van der Waals surface area contributed by atoms with E-state index in [2.05, 4.69) is 24.3 Å². The number of aromatic nitrogens is 2. The number of carbonyl (C=O) groups is 1. The summed E-state index contributed by atoms with van der Waals surface area (Å²) >= 11 is 5.90. The average Bonchev–Trinajstić information content (AvgIpc) is 3.00. The number of anilines is 2. The molecule has 0 unspecified atom stereocenters. The van der Waals surface area contributed by atoms with Crippen molar-refractivity contribution in [1.29, 1.82) is 0 Å². The molecular formula is C23H27ClN4O3S. The molecule has 170 valence electrons. The molecule has 0 saturated heterocycles. The number of rotatable bonds is 7. The number of amides is 1. The Labute approximate surface area is 194 Å². The van der Waals surface area contributed by atoms with Crippen LogP contribution in [0.25, 0.3) is 0 Å². The van der Waals surface area contributed by atoms with Crippen LogP contribution >= 0.6 is 11.6 Å². The molecule has 9 heteroatoms. The third kappa shape index (κ3) is 4.97. The molecule has 7 nitrogen and oxygen atoms in total. The minimum absolute atomic E-state index is 0.104. The number of carbonyl (C=O) groups excluding carboxylic acids is 1. The molecule has 0 aliphatic heterocycles. The van der Waals surface area contributed by atoms with Crippen molar-refractivity contribution in [3.8, 4) is 0 Å². The Morgan fingerprint density at radius 2 is 1.69 bits per heavy atom. The number of aryl methyl sites for hydroxylation is 2. The van der Waals surface area contributed by atoms with Crippen molar-refractivity contribution < 1.29 is 13.2 Å². The van der Waals surface area contributed by atoms with Gasteiger partial charge in [-0.1, -0.05) is 37.6 Å². The smallest absolute Gasteiger partial charge is 0.268 e. The van der Waals surface area contributed by atoms with Crippen LogP contribution in [0.1, 0.15) is 36.7 Å². The van der Waals surface area contributed by atoms with E-state index in [1.54, 1.807) is 57.3 Å². The Balaban J connectivity index is 2.00. The first-order valence-electron chi connectivity index (χ1n) is 10.2. The van der Waals surface area contributed by atoms with E-state index in [0.29, 0.717) is 33.7 Å². The Kier molecular flexibility index (Phi) is 6.95. The van der Waals surface area contributed by atoms with Crippen molar-refractivity contribution in [2.24, 2.45) is 7.05 Å². The van der Waals surface area contributed by atoms with E-state index < -0.39 is 15.9 Å². The summed E-state index contributed by atoms with van der Waals surface area (Å²) in [6, 6.07) is 13.8. The molecule has 0 saturated carbocycles. The van der Waals surface area contributed by atoms with Gasteiger partial charge in [0.25, 0.3) is 10.0 Å². The lowest BCUT2D eigenvalue weighted by atomic mass is 10.0. The van der Waals surface area contributed by atoms with E-state index in [1.165, 1.54) is 4.68 Å². The Hall–Kier alpha value is -2.84. The van der Waals surface area contributed by atoms with E-state index in [1.807, 2.05) is 12.1 Å². The van der Waals surface area contributed by atoms with Crippen LogP contribution in [0.15, 0.2) is 53.4 Å². The lowest BCUT2D eigenvalue weighted by Gasteiger charge is -2.24. The van der Waals surface area contributed by atoms with Gasteiger partial charge in [-0.15, -0.1) is 0 Å². The lowest BCUT2D eigenvalue weighted by Crippen LogP contribution is -2.38. The van der Waals surface area contributed by atoms with Crippen molar-refractivity contribution in [3.05, 3.63) is 70.5 Å². The topological polar surface area (TPSA) is 84.3 Å². The van der Waals surface area contributed by atoms with Crippen LogP contribution in [0.4, 0.5) is 11.4 Å². The van der Waals surface area contributed by atoms with Crippen LogP contribution in [-0.2, 0) is 21.9 Å². The molecular weight excluding hydrogens is 448 g/mol. The Morgan fingerprint density at radius 3 is 2.19 bits per heavy atom. The third-order valence-electron chi connectivity index (χ3n) is 5.25. The molecule has 1 heterocycles. The molecule has 32 heavy (non-hydrogen) atoms. The number of hydrogen-bond donors (Lipinski definition) is 1. The minimum Gasteiger partial charge on any atom is -0.325 e. The highest BCUT2D eigenvalue weighted by Gasteiger charge is 2.32. The summed E-state index contributed by atoms with van der Waals surface area (Å²) in [6.07, 6.45) is 0. The summed E-state index contributed by atoms with van der Waals surface area (Å²) in [4.78, 5) is 12.9. The highest BCUT2D eigenvalue weighted by Crippen LogP contribution is 2.29. The molecule has 2 aromatic carbocycles. The molecule has 0 radical (unpaired) electrons. The maximum Gasteiger partial charge on any atom is 0.268 e. The van der Waals surface area contributed by atoms with Crippen LogP contribution in [0, 0.1) is 13.8 Å². The fourth-order valence-corrected chi connectivity index (χ4v) is 5.39. The van der Waals surface area contributed by atoms with Crippen LogP contribution in [0.3, 0.4) is 0 Å². The SMILES string of the molecule is Cc1nn(C)c(C)c1S(=O)(=O)N(CC(=O)Nc1ccc(Cl)cc1)c1ccc(C(C)C)cc1. The first-order valence-corrected chi connectivity index (χ1v) is 12.0. The van der Waals surface area contributed by atoms with Crippen LogP contribution in [0.5, 0.6) is 0 Å². The molecule has 0 aliphatic carbocycles. The van der Waals surface area contributed by atoms with Gasteiger partial charge in [0.2, 0.25) is 5.91 Å². The number of sulfonamides is 1. The van der Waals surface area contributed by atoms with Gasteiger partial charge in [0.1, 0.15) is 11.4 Å². The fraction of sp³-hybridized carbons (Fsp3) is 0.304. The average molecular weight is 475 g/mol. The van der Waals surface area contributed by atoms with Gasteiger partial charge in [0, 0.05) is 17.8 Å². The number of nitrogens with one attached hydrogen (secondary N) is 1. The number of benzene rings is 2. The molecule has 0 bridgehead atoms. The van der Waals surface area contributed by atoms with Crippen molar-refractivity contribution in [1.82, 2.24) is 9.78 Å². The van der Waals surface area contributed by atoms with Gasteiger partial charge in [0.05, 0.1) is 17.1 Å². The van der Waals surface area contributed by atoms with Crippen LogP contribution in [0.2, 0.25) is 5.02 Å². The van der Waals surface area contributed by atoms with Gasteiger partial charge in [0.15, 0.2) is 0 Å². The minimum atomic E-state index is -4.05. The summed E-state index contributed by atoms with van der Waals surface area (Å²) < 4.78 is 30.1. The fourth-order valence-electron chi connectivity index (χ4n) is 3.44. The predicted octanol–water partition coefficient (Wildman–Crippen LogP) is 4.65. The summed E-state index contributed by atoms with van der Waals surface area (Å²) in [6.45, 7) is 7.07. The van der Waals surface area contributed by atoms with E-state index >= 15 is 0 Å². The summed E-state index contributed by atoms with van der Waals surface area (Å²) in [5.74, 6) is -0.173. The van der Waals surface area contributed by atoms with E-state index in [0.717, 1.165) is 9.87 Å². The number of halogens is 1. The van der Waals surface area contributed by atoms with Crippen molar-refractivity contribution in [2.75, 3.05) is 16.2 Å². The molecule has 3 aromatic rings. The molecule has 0 atom stereocenters. The quantitative estimate of drug-likeness (QED) is 0.540. The Bertz CT molecular complexity index is 1220.